The summed E-state index contributed by atoms with van der Waals surface area (Å²) in [5.74, 6) is -2.51. The Kier molecular flexibility index (Phi) is 3.98. The van der Waals surface area contributed by atoms with Crippen molar-refractivity contribution in [1.29, 1.82) is 0 Å². The summed E-state index contributed by atoms with van der Waals surface area (Å²) in [4.78, 5) is 26.7. The minimum Gasteiger partial charge on any atom is -0.478 e. The predicted octanol–water partition coefficient (Wildman–Crippen LogP) is 2.79. The first kappa shape index (κ1) is 14.6. The summed E-state index contributed by atoms with van der Waals surface area (Å²) in [5.41, 5.74) is 1.66. The lowest BCUT2D eigenvalue weighted by Crippen LogP contribution is -2.16. The maximum absolute atomic E-state index is 13.0. The van der Waals surface area contributed by atoms with Gasteiger partial charge >= 0.3 is 5.97 Å². The van der Waals surface area contributed by atoms with Crippen LogP contribution in [0.15, 0.2) is 30.5 Å². The van der Waals surface area contributed by atoms with Gasteiger partial charge in [0.2, 0.25) is 5.95 Å². The van der Waals surface area contributed by atoms with Crippen LogP contribution in [0.1, 0.15) is 31.8 Å². The molecule has 1 aromatic carbocycles. The number of pyridine rings is 1. The maximum Gasteiger partial charge on any atom is 0.337 e. The zero-order valence-electron chi connectivity index (χ0n) is 11.5. The Morgan fingerprint density at radius 2 is 1.95 bits per heavy atom. The molecule has 0 radical (unpaired) electrons. The fourth-order valence-corrected chi connectivity index (χ4v) is 2.03. The summed E-state index contributed by atoms with van der Waals surface area (Å²) in [7, 11) is 0. The Morgan fingerprint density at radius 3 is 2.57 bits per heavy atom. The second-order valence-electron chi connectivity index (χ2n) is 4.63. The van der Waals surface area contributed by atoms with Crippen LogP contribution in [0.25, 0.3) is 0 Å². The van der Waals surface area contributed by atoms with Crippen molar-refractivity contribution in [2.45, 2.75) is 13.8 Å². The second kappa shape index (κ2) is 5.70. The fraction of sp³-hybridized carbons (Fsp3) is 0.133. The van der Waals surface area contributed by atoms with Crippen LogP contribution < -0.4 is 5.32 Å². The fourth-order valence-electron chi connectivity index (χ4n) is 2.03. The first-order chi connectivity index (χ1) is 9.88. The highest BCUT2D eigenvalue weighted by Gasteiger charge is 2.16. The number of carbonyl (C=O) groups is 2. The third kappa shape index (κ3) is 3.22. The Morgan fingerprint density at radius 1 is 1.24 bits per heavy atom. The molecule has 0 saturated heterocycles. The number of hydrogen-bond donors (Lipinski definition) is 2. The quantitative estimate of drug-likeness (QED) is 0.851. The van der Waals surface area contributed by atoms with Gasteiger partial charge in [-0.2, -0.15) is 4.39 Å². The number of benzene rings is 1. The molecule has 0 fully saturated rings. The molecule has 0 aliphatic heterocycles. The molecule has 1 amide bonds. The molecule has 0 unspecified atom stereocenters. The van der Waals surface area contributed by atoms with Crippen molar-refractivity contribution in [3.05, 3.63) is 58.7 Å². The molecule has 0 aliphatic rings. The van der Waals surface area contributed by atoms with Gasteiger partial charge in [-0.15, -0.1) is 0 Å². The number of aromatic carboxylic acids is 1. The van der Waals surface area contributed by atoms with E-state index in [0.29, 0.717) is 5.56 Å². The molecule has 0 spiro atoms. The standard InChI is InChI=1S/C15H13FN2O3/c1-8-5-9(2)13(11(6-8)15(20)21)18-14(19)10-3-4-17-12(16)7-10/h3-7H,1-2H3,(H,18,19)(H,20,21). The van der Waals surface area contributed by atoms with E-state index < -0.39 is 17.8 Å². The van der Waals surface area contributed by atoms with E-state index in [1.807, 2.05) is 0 Å². The SMILES string of the molecule is Cc1cc(C)c(NC(=O)c2ccnc(F)c2)c(C(=O)O)c1. The zero-order chi connectivity index (χ0) is 15.6. The van der Waals surface area contributed by atoms with Gasteiger partial charge in [0.1, 0.15) is 0 Å². The van der Waals surface area contributed by atoms with Crippen LogP contribution in [-0.4, -0.2) is 22.0 Å². The van der Waals surface area contributed by atoms with E-state index in [4.69, 9.17) is 0 Å². The molecule has 2 N–H and O–H groups in total. The third-order valence-corrected chi connectivity index (χ3v) is 2.94. The molecule has 21 heavy (non-hydrogen) atoms. The van der Waals surface area contributed by atoms with Crippen LogP contribution in [-0.2, 0) is 0 Å². The average Bonchev–Trinajstić information content (AvgIpc) is 2.41. The topological polar surface area (TPSA) is 79.3 Å². The summed E-state index contributed by atoms with van der Waals surface area (Å²) in [6.45, 7) is 3.46. The number of carboxylic acids is 1. The van der Waals surface area contributed by atoms with Gasteiger partial charge < -0.3 is 10.4 Å². The molecule has 2 aromatic rings. The molecule has 5 nitrogen and oxygen atoms in total. The minimum atomic E-state index is -1.14. The van der Waals surface area contributed by atoms with E-state index in [1.54, 1.807) is 19.9 Å². The smallest absolute Gasteiger partial charge is 0.337 e. The number of carboxylic acid groups (broad SMARTS) is 1. The summed E-state index contributed by atoms with van der Waals surface area (Å²) < 4.78 is 13.0. The summed E-state index contributed by atoms with van der Waals surface area (Å²) in [6, 6.07) is 5.56. The molecule has 0 bridgehead atoms. The number of carbonyl (C=O) groups excluding carboxylic acids is 1. The lowest BCUT2D eigenvalue weighted by molar-refractivity contribution is 0.0698. The van der Waals surface area contributed by atoms with Crippen LogP contribution in [0.5, 0.6) is 0 Å². The first-order valence-corrected chi connectivity index (χ1v) is 6.16. The molecule has 6 heteroatoms. The lowest BCUT2D eigenvalue weighted by Gasteiger charge is -2.13. The van der Waals surface area contributed by atoms with Crippen molar-refractivity contribution < 1.29 is 19.1 Å². The van der Waals surface area contributed by atoms with Crippen molar-refractivity contribution >= 4 is 17.6 Å². The number of nitrogens with one attached hydrogen (secondary N) is 1. The van der Waals surface area contributed by atoms with E-state index in [0.717, 1.165) is 11.6 Å². The molecule has 0 aliphatic carbocycles. The van der Waals surface area contributed by atoms with Crippen LogP contribution in [0, 0.1) is 19.8 Å². The van der Waals surface area contributed by atoms with Gasteiger partial charge in [-0.1, -0.05) is 6.07 Å². The molecule has 2 rings (SSSR count). The largest absolute Gasteiger partial charge is 0.478 e. The number of anilines is 1. The predicted molar refractivity (Wildman–Crippen MR) is 75.0 cm³/mol. The molecule has 0 atom stereocenters. The van der Waals surface area contributed by atoms with Crippen molar-refractivity contribution in [1.82, 2.24) is 4.98 Å². The van der Waals surface area contributed by atoms with E-state index in [-0.39, 0.29) is 16.8 Å². The zero-order valence-corrected chi connectivity index (χ0v) is 11.5. The van der Waals surface area contributed by atoms with Crippen LogP contribution in [0.4, 0.5) is 10.1 Å². The van der Waals surface area contributed by atoms with Crippen molar-refractivity contribution in [2.24, 2.45) is 0 Å². The monoisotopic (exact) mass is 288 g/mol. The van der Waals surface area contributed by atoms with Gasteiger partial charge in [0.25, 0.3) is 5.91 Å². The minimum absolute atomic E-state index is 0.00428. The number of aryl methyl sites for hydroxylation is 2. The summed E-state index contributed by atoms with van der Waals surface area (Å²) in [5, 5.41) is 11.7. The molecule has 0 saturated carbocycles. The Bertz CT molecular complexity index is 729. The van der Waals surface area contributed by atoms with Crippen LogP contribution >= 0.6 is 0 Å². The Balaban J connectivity index is 2.39. The number of hydrogen-bond acceptors (Lipinski definition) is 3. The van der Waals surface area contributed by atoms with Crippen molar-refractivity contribution in [3.63, 3.8) is 0 Å². The molecule has 1 heterocycles. The van der Waals surface area contributed by atoms with Gasteiger partial charge in [-0.3, -0.25) is 4.79 Å². The Hall–Kier alpha value is -2.76. The maximum atomic E-state index is 13.0. The molecule has 108 valence electrons. The molecular formula is C15H13FN2O3. The highest BCUT2D eigenvalue weighted by atomic mass is 19.1. The Labute approximate surface area is 120 Å². The van der Waals surface area contributed by atoms with Gasteiger partial charge in [-0.05, 0) is 37.1 Å². The first-order valence-electron chi connectivity index (χ1n) is 6.16. The number of nitrogens with zero attached hydrogens (tertiary/aromatic N) is 1. The normalized spacial score (nSPS) is 10.2. The van der Waals surface area contributed by atoms with Gasteiger partial charge in [0.05, 0.1) is 11.3 Å². The number of rotatable bonds is 3. The van der Waals surface area contributed by atoms with Crippen molar-refractivity contribution in [3.8, 4) is 0 Å². The number of amides is 1. The number of halogens is 1. The average molecular weight is 288 g/mol. The molecular weight excluding hydrogens is 275 g/mol. The van der Waals surface area contributed by atoms with E-state index in [9.17, 15) is 19.1 Å². The van der Waals surface area contributed by atoms with Crippen LogP contribution in [0.2, 0.25) is 0 Å². The van der Waals surface area contributed by atoms with E-state index in [1.165, 1.54) is 18.3 Å². The number of aromatic nitrogens is 1. The third-order valence-electron chi connectivity index (χ3n) is 2.94. The van der Waals surface area contributed by atoms with Gasteiger partial charge in [-0.25, -0.2) is 9.78 Å². The summed E-state index contributed by atoms with van der Waals surface area (Å²) >= 11 is 0. The van der Waals surface area contributed by atoms with Gasteiger partial charge in [0, 0.05) is 17.8 Å². The highest BCUT2D eigenvalue weighted by molar-refractivity contribution is 6.08. The summed E-state index contributed by atoms with van der Waals surface area (Å²) in [6.07, 6.45) is 1.17. The lowest BCUT2D eigenvalue weighted by atomic mass is 10.0. The highest BCUT2D eigenvalue weighted by Crippen LogP contribution is 2.23. The second-order valence-corrected chi connectivity index (χ2v) is 4.63. The van der Waals surface area contributed by atoms with E-state index in [2.05, 4.69) is 10.3 Å². The van der Waals surface area contributed by atoms with E-state index >= 15 is 0 Å². The van der Waals surface area contributed by atoms with Crippen LogP contribution in [0.3, 0.4) is 0 Å². The van der Waals surface area contributed by atoms with Gasteiger partial charge in [0.15, 0.2) is 0 Å². The molecule has 1 aromatic heterocycles. The van der Waals surface area contributed by atoms with Crippen molar-refractivity contribution in [2.75, 3.05) is 5.32 Å².